The molecule has 7 nitrogen and oxygen atoms in total. The van der Waals surface area contributed by atoms with Crippen LogP contribution in [-0.2, 0) is 20.8 Å². The van der Waals surface area contributed by atoms with Crippen LogP contribution in [0, 0.1) is 19.8 Å². The number of methoxy groups -OCH3 is 1. The van der Waals surface area contributed by atoms with E-state index < -0.39 is 0 Å². The van der Waals surface area contributed by atoms with Gasteiger partial charge in [0.15, 0.2) is 0 Å². The smallest absolute Gasteiger partial charge is 0.310 e. The normalized spacial score (nSPS) is 21.2. The Labute approximate surface area is 169 Å². The molecule has 0 radical (unpaired) electrons. The van der Waals surface area contributed by atoms with E-state index in [1.165, 1.54) is 17.6 Å². The van der Waals surface area contributed by atoms with E-state index in [2.05, 4.69) is 23.6 Å². The second kappa shape index (κ2) is 8.31. The highest BCUT2D eigenvalue weighted by Gasteiger charge is 2.29. The van der Waals surface area contributed by atoms with E-state index in [1.807, 2.05) is 0 Å². The number of piperidine rings is 1. The summed E-state index contributed by atoms with van der Waals surface area (Å²) < 4.78 is 10.5. The Hall–Kier alpha value is -1.77. The van der Waals surface area contributed by atoms with Crippen LogP contribution in [0.2, 0.25) is 0 Å². The molecule has 28 heavy (non-hydrogen) atoms. The number of morpholine rings is 1. The van der Waals surface area contributed by atoms with Crippen LogP contribution in [0.3, 0.4) is 0 Å². The molecule has 2 fully saturated rings. The van der Waals surface area contributed by atoms with Crippen LogP contribution in [0.15, 0.2) is 0 Å². The fraction of sp³-hybridized carbons (Fsp3) is 0.650. The maximum Gasteiger partial charge on any atom is 0.310 e. The third kappa shape index (κ3) is 3.86. The quantitative estimate of drug-likeness (QED) is 0.726. The number of aryl methyl sites for hydroxylation is 2. The number of esters is 1. The molecular weight excluding hydrogens is 376 g/mol. The Bertz CT molecular complexity index is 863. The fourth-order valence-electron chi connectivity index (χ4n) is 4.06. The number of hydrogen-bond acceptors (Lipinski definition) is 8. The van der Waals surface area contributed by atoms with Gasteiger partial charge in [-0.3, -0.25) is 9.69 Å². The van der Waals surface area contributed by atoms with E-state index in [9.17, 15) is 4.79 Å². The number of carbonyl (C=O) groups is 1. The summed E-state index contributed by atoms with van der Waals surface area (Å²) in [4.78, 5) is 28.9. The van der Waals surface area contributed by atoms with Crippen LogP contribution in [0.25, 0.3) is 10.2 Å². The first-order chi connectivity index (χ1) is 13.6. The largest absolute Gasteiger partial charge is 0.469 e. The molecule has 0 spiro atoms. The molecule has 2 aliphatic rings. The highest BCUT2D eigenvalue weighted by Crippen LogP contribution is 2.36. The van der Waals surface area contributed by atoms with Crippen LogP contribution >= 0.6 is 11.3 Å². The zero-order valence-electron chi connectivity index (χ0n) is 16.9. The summed E-state index contributed by atoms with van der Waals surface area (Å²) in [6.45, 7) is 9.93. The maximum atomic E-state index is 12.1. The lowest BCUT2D eigenvalue weighted by Gasteiger charge is -2.33. The average Bonchev–Trinajstić information content (AvgIpc) is 3.01. The molecule has 4 rings (SSSR count). The van der Waals surface area contributed by atoms with Crippen molar-refractivity contribution in [1.82, 2.24) is 14.9 Å². The molecular formula is C20H28N4O3S. The highest BCUT2D eigenvalue weighted by molar-refractivity contribution is 7.18. The highest BCUT2D eigenvalue weighted by atomic mass is 32.1. The third-order valence-electron chi connectivity index (χ3n) is 5.78. The van der Waals surface area contributed by atoms with Gasteiger partial charge in [0, 0.05) is 31.1 Å². The Balaban J connectivity index is 1.69. The number of carbonyl (C=O) groups excluding carboxylic acids is 1. The lowest BCUT2D eigenvalue weighted by Crippen LogP contribution is -2.40. The van der Waals surface area contributed by atoms with Crippen molar-refractivity contribution in [2.24, 2.45) is 5.92 Å². The van der Waals surface area contributed by atoms with E-state index >= 15 is 0 Å². The molecule has 0 saturated carbocycles. The van der Waals surface area contributed by atoms with Crippen LogP contribution in [0.5, 0.6) is 0 Å². The van der Waals surface area contributed by atoms with Crippen molar-refractivity contribution in [2.75, 3.05) is 51.4 Å². The van der Waals surface area contributed by atoms with Crippen LogP contribution in [0.1, 0.15) is 29.1 Å². The van der Waals surface area contributed by atoms with Crippen LogP contribution < -0.4 is 4.90 Å². The summed E-state index contributed by atoms with van der Waals surface area (Å²) in [5.41, 5.74) is 1.24. The topological polar surface area (TPSA) is 67.8 Å². The van der Waals surface area contributed by atoms with E-state index in [4.69, 9.17) is 19.4 Å². The Morgan fingerprint density at radius 1 is 1.25 bits per heavy atom. The Morgan fingerprint density at radius 3 is 2.79 bits per heavy atom. The third-order valence-corrected chi connectivity index (χ3v) is 6.88. The standard InChI is InChI=1S/C20H28N4O3S/c1-13-14(2)28-19-17(13)18(24-6-4-5-15(11-24)20(25)26-3)21-16(22-19)12-23-7-9-27-10-8-23/h15H,4-12H2,1-3H3/t15-/m0/s1. The Morgan fingerprint density at radius 2 is 2.04 bits per heavy atom. The predicted octanol–water partition coefficient (Wildman–Crippen LogP) is 2.53. The van der Waals surface area contributed by atoms with Gasteiger partial charge in [-0.1, -0.05) is 0 Å². The second-order valence-corrected chi connectivity index (χ2v) is 8.83. The van der Waals surface area contributed by atoms with Gasteiger partial charge in [-0.15, -0.1) is 11.3 Å². The zero-order chi connectivity index (χ0) is 19.7. The van der Waals surface area contributed by atoms with Gasteiger partial charge >= 0.3 is 5.97 Å². The number of nitrogens with zero attached hydrogens (tertiary/aromatic N) is 4. The zero-order valence-corrected chi connectivity index (χ0v) is 17.7. The van der Waals surface area contributed by atoms with E-state index in [-0.39, 0.29) is 11.9 Å². The minimum absolute atomic E-state index is 0.0912. The molecule has 0 aliphatic carbocycles. The van der Waals surface area contributed by atoms with Crippen molar-refractivity contribution >= 4 is 33.3 Å². The SMILES string of the molecule is COC(=O)[C@H]1CCCN(c2nc(CN3CCOCC3)nc3sc(C)c(C)c23)C1. The average molecular weight is 405 g/mol. The van der Waals surface area contributed by atoms with Gasteiger partial charge in [-0.25, -0.2) is 9.97 Å². The number of anilines is 1. The van der Waals surface area contributed by atoms with Crippen LogP contribution in [0.4, 0.5) is 5.82 Å². The summed E-state index contributed by atoms with van der Waals surface area (Å²) in [5, 5.41) is 1.14. The molecule has 0 amide bonds. The minimum Gasteiger partial charge on any atom is -0.469 e. The van der Waals surface area contributed by atoms with Gasteiger partial charge in [-0.05, 0) is 32.3 Å². The monoisotopic (exact) mass is 404 g/mol. The first kappa shape index (κ1) is 19.5. The summed E-state index contributed by atoms with van der Waals surface area (Å²) in [6, 6.07) is 0. The molecule has 2 saturated heterocycles. The van der Waals surface area contributed by atoms with Crippen molar-refractivity contribution in [2.45, 2.75) is 33.2 Å². The molecule has 2 aromatic heterocycles. The molecule has 2 aliphatic heterocycles. The van der Waals surface area contributed by atoms with Gasteiger partial charge in [0.25, 0.3) is 0 Å². The second-order valence-electron chi connectivity index (χ2n) is 7.62. The molecule has 152 valence electrons. The fourth-order valence-corrected chi connectivity index (χ4v) is 5.10. The molecule has 0 aromatic carbocycles. The molecule has 0 N–H and O–H groups in total. The van der Waals surface area contributed by atoms with Gasteiger partial charge in [0.2, 0.25) is 0 Å². The van der Waals surface area contributed by atoms with Crippen LogP contribution in [-0.4, -0.2) is 67.3 Å². The maximum absolute atomic E-state index is 12.1. The van der Waals surface area contributed by atoms with Crippen molar-refractivity contribution < 1.29 is 14.3 Å². The van der Waals surface area contributed by atoms with Crippen molar-refractivity contribution in [3.8, 4) is 0 Å². The van der Waals surface area contributed by atoms with Crippen molar-refractivity contribution in [1.29, 1.82) is 0 Å². The first-order valence-corrected chi connectivity index (χ1v) is 10.8. The molecule has 0 bridgehead atoms. The predicted molar refractivity (Wildman–Crippen MR) is 110 cm³/mol. The molecule has 1 atom stereocenters. The summed E-state index contributed by atoms with van der Waals surface area (Å²) in [6.07, 6.45) is 1.84. The minimum atomic E-state index is -0.123. The Kier molecular flexibility index (Phi) is 5.80. The van der Waals surface area contributed by atoms with Crippen molar-refractivity contribution in [3.63, 3.8) is 0 Å². The van der Waals surface area contributed by atoms with Gasteiger partial charge < -0.3 is 14.4 Å². The van der Waals surface area contributed by atoms with E-state index in [0.29, 0.717) is 6.54 Å². The molecule has 8 heteroatoms. The number of thiophene rings is 1. The lowest BCUT2D eigenvalue weighted by molar-refractivity contribution is -0.145. The summed E-state index contributed by atoms with van der Waals surface area (Å²) in [7, 11) is 1.47. The molecule has 2 aromatic rings. The summed E-state index contributed by atoms with van der Waals surface area (Å²) in [5.74, 6) is 1.61. The molecule has 0 unspecified atom stereocenters. The number of aromatic nitrogens is 2. The number of hydrogen-bond donors (Lipinski definition) is 0. The summed E-state index contributed by atoms with van der Waals surface area (Å²) >= 11 is 1.73. The number of ether oxygens (including phenoxy) is 2. The van der Waals surface area contributed by atoms with Gasteiger partial charge in [-0.2, -0.15) is 0 Å². The van der Waals surface area contributed by atoms with Crippen molar-refractivity contribution in [3.05, 3.63) is 16.3 Å². The van der Waals surface area contributed by atoms with E-state index in [1.54, 1.807) is 11.3 Å². The number of fused-ring (bicyclic) bond motifs is 1. The lowest BCUT2D eigenvalue weighted by atomic mass is 9.98. The first-order valence-electron chi connectivity index (χ1n) is 9.96. The van der Waals surface area contributed by atoms with Gasteiger partial charge in [0.1, 0.15) is 16.5 Å². The van der Waals surface area contributed by atoms with E-state index in [0.717, 1.165) is 74.1 Å². The van der Waals surface area contributed by atoms with Gasteiger partial charge in [0.05, 0.1) is 38.2 Å². The number of rotatable bonds is 4. The molecule has 4 heterocycles.